The zero-order valence-electron chi connectivity index (χ0n) is 25.9. The second-order valence-corrected chi connectivity index (χ2v) is 18.2. The van der Waals surface area contributed by atoms with E-state index in [4.69, 9.17) is 4.98 Å². The Kier molecular flexibility index (Phi) is 9.39. The fourth-order valence-corrected chi connectivity index (χ4v) is 7.95. The van der Waals surface area contributed by atoms with Crippen LogP contribution in [0.2, 0.25) is 19.6 Å². The van der Waals surface area contributed by atoms with Gasteiger partial charge in [0.2, 0.25) is 0 Å². The zero-order valence-corrected chi connectivity index (χ0v) is 30.1. The van der Waals surface area contributed by atoms with E-state index in [9.17, 15) is 0 Å². The maximum absolute atomic E-state index is 4.75. The quantitative estimate of drug-likeness (QED) is 0.131. The summed E-state index contributed by atoms with van der Waals surface area (Å²) in [5.41, 5.74) is 6.64. The molecule has 0 saturated heterocycles. The molecule has 0 aliphatic carbocycles. The molecule has 0 aliphatic rings. The van der Waals surface area contributed by atoms with Crippen LogP contribution in [-0.2, 0) is 20.1 Å². The van der Waals surface area contributed by atoms with Crippen molar-refractivity contribution >= 4 is 55.5 Å². The molecule has 3 aromatic heterocycles. The Morgan fingerprint density at radius 3 is 2.07 bits per heavy atom. The van der Waals surface area contributed by atoms with Crippen molar-refractivity contribution in [3.05, 3.63) is 152 Å². The van der Waals surface area contributed by atoms with Crippen LogP contribution in [-0.4, -0.2) is 18.0 Å². The predicted molar refractivity (Wildman–Crippen MR) is 196 cm³/mol. The molecule has 8 aromatic rings. The summed E-state index contributed by atoms with van der Waals surface area (Å²) < 4.78 is 2.56. The van der Waals surface area contributed by atoms with Gasteiger partial charge < -0.3 is 9.97 Å². The van der Waals surface area contributed by atoms with Crippen LogP contribution >= 0.6 is 11.3 Å². The summed E-state index contributed by atoms with van der Waals surface area (Å²) in [6.07, 6.45) is 3.97. The van der Waals surface area contributed by atoms with Gasteiger partial charge in [0.15, 0.2) is 0 Å². The van der Waals surface area contributed by atoms with E-state index in [0.29, 0.717) is 0 Å². The molecule has 0 amide bonds. The van der Waals surface area contributed by atoms with Crippen molar-refractivity contribution in [3.63, 3.8) is 0 Å². The number of rotatable bonds is 4. The van der Waals surface area contributed by atoms with Crippen LogP contribution in [0.15, 0.2) is 140 Å². The first-order valence-corrected chi connectivity index (χ1v) is 19.5. The van der Waals surface area contributed by atoms with E-state index >= 15 is 0 Å². The van der Waals surface area contributed by atoms with Crippen molar-refractivity contribution in [2.24, 2.45) is 0 Å². The van der Waals surface area contributed by atoms with E-state index in [2.05, 4.69) is 128 Å². The monoisotopic (exact) mass is 805 g/mol. The topological polar surface area (TPSA) is 25.8 Å². The number of aromatic nitrogens is 2. The molecule has 46 heavy (non-hydrogen) atoms. The molecule has 5 aromatic carbocycles. The third-order valence-corrected chi connectivity index (χ3v) is 11.3. The average Bonchev–Trinajstić information content (AvgIpc) is 3.48. The molecule has 1 radical (unpaired) electrons. The van der Waals surface area contributed by atoms with Gasteiger partial charge >= 0.3 is 0 Å². The molecule has 0 unspecified atom stereocenters. The Hall–Kier alpha value is -4.25. The Morgan fingerprint density at radius 2 is 1.33 bits per heavy atom. The Bertz CT molecular complexity index is 2240. The maximum atomic E-state index is 4.75. The number of hydrogen-bond acceptors (Lipinski definition) is 3. The molecule has 0 N–H and O–H groups in total. The van der Waals surface area contributed by atoms with Gasteiger partial charge in [0, 0.05) is 37.2 Å². The molecule has 3 heterocycles. The molecule has 0 saturated carbocycles. The van der Waals surface area contributed by atoms with Gasteiger partial charge in [-0.1, -0.05) is 116 Å². The first-order valence-electron chi connectivity index (χ1n) is 15.2. The van der Waals surface area contributed by atoms with Crippen LogP contribution < -0.4 is 5.19 Å². The summed E-state index contributed by atoms with van der Waals surface area (Å²) in [6, 6.07) is 50.8. The predicted octanol–water partition coefficient (Wildman–Crippen LogP) is 10.8. The van der Waals surface area contributed by atoms with Gasteiger partial charge in [-0.15, -0.1) is 59.7 Å². The van der Waals surface area contributed by atoms with Crippen molar-refractivity contribution < 1.29 is 20.1 Å². The summed E-state index contributed by atoms with van der Waals surface area (Å²) in [4.78, 5) is 9.27. The van der Waals surface area contributed by atoms with Crippen molar-refractivity contribution in [1.82, 2.24) is 9.97 Å². The second kappa shape index (κ2) is 13.6. The summed E-state index contributed by atoms with van der Waals surface area (Å²) >= 11 is 1.84. The minimum Gasteiger partial charge on any atom is -0.305 e. The third kappa shape index (κ3) is 6.51. The minimum absolute atomic E-state index is 0. The molecule has 0 spiro atoms. The fraction of sp³-hybridized carbons (Fsp3) is 0.0732. The molecule has 0 fully saturated rings. The summed E-state index contributed by atoms with van der Waals surface area (Å²) in [6.45, 7) is 7.00. The number of hydrogen-bond donors (Lipinski definition) is 0. The molecular formula is C41H32IrN2SSi-2. The molecule has 0 aliphatic heterocycles. The average molecular weight is 805 g/mol. The van der Waals surface area contributed by atoms with Crippen molar-refractivity contribution in [3.8, 4) is 33.6 Å². The van der Waals surface area contributed by atoms with E-state index < -0.39 is 8.07 Å². The van der Waals surface area contributed by atoms with Crippen molar-refractivity contribution in [2.45, 2.75) is 19.6 Å². The standard InChI is InChI=1S/C27H16NS.C14H16NSi.Ir/c1-2-8-18(9-3-1)21-12-6-13-22-23-14-7-15-24(27(23)29-26(21)22)25-16-19-10-4-5-11-20(19)17-28-25;1-16(2,3)13-9-10-14(15-11-13)12-7-5-4-6-8-12;/h1-14,16-17H;4-7,9-11H,1-3H3;/q2*-1;. The van der Waals surface area contributed by atoms with E-state index in [0.717, 1.165) is 27.9 Å². The molecular weight excluding hydrogens is 773 g/mol. The first kappa shape index (κ1) is 31.7. The molecule has 2 nitrogen and oxygen atoms in total. The van der Waals surface area contributed by atoms with E-state index in [1.54, 1.807) is 0 Å². The van der Waals surface area contributed by atoms with Crippen LogP contribution in [0.3, 0.4) is 0 Å². The van der Waals surface area contributed by atoms with E-state index in [-0.39, 0.29) is 20.1 Å². The third-order valence-electron chi connectivity index (χ3n) is 8.05. The van der Waals surface area contributed by atoms with Gasteiger partial charge in [0.25, 0.3) is 0 Å². The summed E-state index contributed by atoms with van der Waals surface area (Å²) in [5.74, 6) is 0. The molecule has 227 valence electrons. The van der Waals surface area contributed by atoms with Gasteiger partial charge in [-0.25, -0.2) is 0 Å². The van der Waals surface area contributed by atoms with Gasteiger partial charge in [0.05, 0.1) is 8.07 Å². The SMILES string of the molecule is C[Si](C)(C)c1ccc(-c2[c-]cccc2)nc1.[Ir].[c-]1ccc2c(sc3c(-c4ccccc4)cccc32)c1-c1cc2ccccc2cn1. The molecule has 8 rings (SSSR count). The summed E-state index contributed by atoms with van der Waals surface area (Å²) in [7, 11) is -1.23. The molecule has 0 atom stereocenters. The smallest absolute Gasteiger partial charge is 0.0795 e. The number of thiophene rings is 1. The number of benzene rings is 5. The van der Waals surface area contributed by atoms with Gasteiger partial charge in [-0.3, -0.25) is 0 Å². The van der Waals surface area contributed by atoms with Gasteiger partial charge in [-0.05, 0) is 48.6 Å². The molecule has 0 bridgehead atoms. The normalized spacial score (nSPS) is 11.2. The van der Waals surface area contributed by atoms with Crippen LogP contribution in [0, 0.1) is 12.1 Å². The van der Waals surface area contributed by atoms with Crippen LogP contribution in [0.5, 0.6) is 0 Å². The number of fused-ring (bicyclic) bond motifs is 4. The zero-order chi connectivity index (χ0) is 30.8. The summed E-state index contributed by atoms with van der Waals surface area (Å²) in [5, 5.41) is 6.32. The van der Waals surface area contributed by atoms with Crippen molar-refractivity contribution in [2.75, 3.05) is 0 Å². The van der Waals surface area contributed by atoms with Gasteiger partial charge in [-0.2, -0.15) is 11.3 Å². The van der Waals surface area contributed by atoms with Crippen LogP contribution in [0.25, 0.3) is 64.6 Å². The van der Waals surface area contributed by atoms with E-state index in [1.807, 2.05) is 60.1 Å². The second-order valence-electron chi connectivity index (χ2n) is 12.1. The van der Waals surface area contributed by atoms with Crippen LogP contribution in [0.1, 0.15) is 0 Å². The van der Waals surface area contributed by atoms with Crippen LogP contribution in [0.4, 0.5) is 0 Å². The first-order chi connectivity index (χ1) is 22.0. The largest absolute Gasteiger partial charge is 0.305 e. The Balaban J connectivity index is 0.000000187. The number of pyridine rings is 2. The van der Waals surface area contributed by atoms with Crippen molar-refractivity contribution in [1.29, 1.82) is 0 Å². The Morgan fingerprint density at radius 1 is 0.587 bits per heavy atom. The van der Waals surface area contributed by atoms with Gasteiger partial charge in [0.1, 0.15) is 0 Å². The maximum Gasteiger partial charge on any atom is 0.0795 e. The molecule has 5 heteroatoms. The minimum atomic E-state index is -1.23. The Labute approximate surface area is 289 Å². The number of nitrogens with zero attached hydrogens (tertiary/aromatic N) is 2. The fourth-order valence-electron chi connectivity index (χ4n) is 5.57. The van der Waals surface area contributed by atoms with E-state index in [1.165, 1.54) is 41.9 Å².